The van der Waals surface area contributed by atoms with Crippen LogP contribution < -0.4 is 20.1 Å². The van der Waals surface area contributed by atoms with Crippen molar-refractivity contribution in [3.63, 3.8) is 0 Å². The second kappa shape index (κ2) is 17.2. The number of para-hydroxylation sites is 2. The van der Waals surface area contributed by atoms with Gasteiger partial charge in [0.15, 0.2) is 0 Å². The molecule has 3 N–H and O–H groups in total. The molecule has 0 bridgehead atoms. The van der Waals surface area contributed by atoms with Crippen LogP contribution in [0, 0.1) is 5.92 Å². The van der Waals surface area contributed by atoms with Crippen LogP contribution in [0.5, 0.6) is 5.88 Å². The number of carbonyl (C=O) groups excluding carboxylic acids is 4. The van der Waals surface area contributed by atoms with E-state index in [2.05, 4.69) is 20.3 Å². The number of ether oxygens (including phenoxy) is 2. The molecule has 18 heteroatoms. The van der Waals surface area contributed by atoms with Crippen LogP contribution in [-0.2, 0) is 29.1 Å². The van der Waals surface area contributed by atoms with Crippen molar-refractivity contribution in [3.05, 3.63) is 77.4 Å². The Balaban J connectivity index is 1.11. The van der Waals surface area contributed by atoms with Gasteiger partial charge in [-0.2, -0.15) is 0 Å². The molecule has 3 aromatic heterocycles. The number of benzene rings is 1. The summed E-state index contributed by atoms with van der Waals surface area (Å²) in [6, 6.07) is 10.3. The lowest BCUT2D eigenvalue weighted by Crippen LogP contribution is -2.58. The molecule has 5 heterocycles. The zero-order chi connectivity index (χ0) is 41.1. The molecule has 59 heavy (non-hydrogen) atoms. The Bertz CT molecular complexity index is 2380. The highest BCUT2D eigenvalue weighted by molar-refractivity contribution is 7.90. The van der Waals surface area contributed by atoms with Gasteiger partial charge >= 0.3 is 6.09 Å². The second-order valence-corrected chi connectivity index (χ2v) is 18.4. The molecule has 2 aliphatic carbocycles. The van der Waals surface area contributed by atoms with Crippen molar-refractivity contribution in [2.75, 3.05) is 6.54 Å². The SMILES string of the molecule is O=C(N[C@H]1CCCCC/C=C\C2C[C@@]2(C(=O)NS(=O)(=O)c2cnccc2Cl)NC(=O)[C@@H]2C[C@@H](Oc3nc4ccccc4nc3-c3cccs3)CN2C1=O)OC1CCCC1. The van der Waals surface area contributed by atoms with Gasteiger partial charge in [0.1, 0.15) is 40.4 Å². The van der Waals surface area contributed by atoms with E-state index in [1.165, 1.54) is 28.5 Å². The third-order valence-corrected chi connectivity index (χ3v) is 14.0. The van der Waals surface area contributed by atoms with Crippen LogP contribution >= 0.6 is 22.9 Å². The highest BCUT2D eigenvalue weighted by Gasteiger charge is 2.62. The first-order valence-electron chi connectivity index (χ1n) is 19.9. The maximum atomic E-state index is 14.7. The molecule has 5 atom stereocenters. The number of sulfonamides is 1. The molecule has 1 saturated heterocycles. The van der Waals surface area contributed by atoms with Gasteiger partial charge in [0.05, 0.1) is 27.5 Å². The standard InChI is InChI=1S/C41H44ClN7O8S2/c42-28-18-19-43-23-34(28)59(54,55)48-39(52)41-22-25(41)11-4-2-1-3-5-16-31(46-40(53)57-26-12-6-7-13-26)38(51)49-24-27(21-32(49)36(50)47-41)56-37-35(33-17-10-20-58-33)44-29-14-8-9-15-30(29)45-37/h4,8-11,14-15,17-20,23,25-27,31-32H,1-3,5-7,12-13,16,21-22,24H2,(H,46,53)(H,47,50)(H,48,52)/b11-4-/t25?,27-,31+,32+,41-/m1/s1. The van der Waals surface area contributed by atoms with Crippen LogP contribution in [0.15, 0.2) is 77.3 Å². The van der Waals surface area contributed by atoms with Gasteiger partial charge in [-0.1, -0.05) is 54.8 Å². The Kier molecular flexibility index (Phi) is 11.9. The summed E-state index contributed by atoms with van der Waals surface area (Å²) in [5.74, 6) is -2.44. The summed E-state index contributed by atoms with van der Waals surface area (Å²) in [6.07, 6.45) is 11.0. The molecule has 1 unspecified atom stereocenters. The number of alkyl carbamates (subject to hydrolysis) is 1. The van der Waals surface area contributed by atoms with Crippen LogP contribution in [-0.4, -0.2) is 88.5 Å². The molecule has 15 nitrogen and oxygen atoms in total. The maximum absolute atomic E-state index is 14.7. The summed E-state index contributed by atoms with van der Waals surface area (Å²) in [4.78, 5) is 71.9. The van der Waals surface area contributed by atoms with Crippen LogP contribution in [0.3, 0.4) is 0 Å². The van der Waals surface area contributed by atoms with Gasteiger partial charge in [-0.3, -0.25) is 19.4 Å². The average Bonchev–Trinajstić information content (AvgIpc) is 3.71. The number of nitrogens with one attached hydrogen (secondary N) is 3. The number of amides is 4. The first kappa shape index (κ1) is 40.6. The molecule has 4 aromatic rings. The maximum Gasteiger partial charge on any atom is 0.408 e. The minimum atomic E-state index is -4.49. The summed E-state index contributed by atoms with van der Waals surface area (Å²) in [5.41, 5.74) is 0.117. The molecule has 3 fully saturated rings. The fourth-order valence-electron chi connectivity index (χ4n) is 8.13. The number of aromatic nitrogens is 3. The number of rotatable bonds is 8. The molecule has 2 aliphatic heterocycles. The van der Waals surface area contributed by atoms with Crippen molar-refractivity contribution in [2.45, 2.75) is 105 Å². The Morgan fingerprint density at radius 3 is 2.51 bits per heavy atom. The van der Waals surface area contributed by atoms with Crippen molar-refractivity contribution in [1.82, 2.24) is 35.2 Å². The number of hydrogen-bond acceptors (Lipinski definition) is 12. The summed E-state index contributed by atoms with van der Waals surface area (Å²) in [6.45, 7) is -0.0540. The molecule has 0 radical (unpaired) electrons. The zero-order valence-corrected chi connectivity index (χ0v) is 34.4. The van der Waals surface area contributed by atoms with Gasteiger partial charge in [-0.25, -0.2) is 27.9 Å². The van der Waals surface area contributed by atoms with Crippen molar-refractivity contribution >= 4 is 67.8 Å². The third kappa shape index (κ3) is 8.92. The van der Waals surface area contributed by atoms with Crippen molar-refractivity contribution in [3.8, 4) is 16.5 Å². The van der Waals surface area contributed by atoms with Crippen LogP contribution in [0.2, 0.25) is 5.02 Å². The summed E-state index contributed by atoms with van der Waals surface area (Å²) in [5, 5.41) is 7.46. The van der Waals surface area contributed by atoms with E-state index in [1.807, 2.05) is 53.9 Å². The second-order valence-electron chi connectivity index (χ2n) is 15.4. The van der Waals surface area contributed by atoms with Gasteiger partial charge in [0, 0.05) is 24.7 Å². The lowest BCUT2D eigenvalue weighted by atomic mass is 10.0. The normalized spacial score (nSPS) is 25.8. The van der Waals surface area contributed by atoms with Crippen LogP contribution in [0.25, 0.3) is 21.6 Å². The van der Waals surface area contributed by atoms with Crippen LogP contribution in [0.4, 0.5) is 4.79 Å². The highest BCUT2D eigenvalue weighted by atomic mass is 35.5. The van der Waals surface area contributed by atoms with E-state index < -0.39 is 63.5 Å². The lowest BCUT2D eigenvalue weighted by Gasteiger charge is -2.30. The Morgan fingerprint density at radius 1 is 0.966 bits per heavy atom. The largest absolute Gasteiger partial charge is 0.471 e. The fourth-order valence-corrected chi connectivity index (χ4v) is 10.3. The Morgan fingerprint density at radius 2 is 1.75 bits per heavy atom. The molecule has 310 valence electrons. The van der Waals surface area contributed by atoms with Gasteiger partial charge < -0.3 is 25.0 Å². The van der Waals surface area contributed by atoms with Gasteiger partial charge in [0.2, 0.25) is 17.7 Å². The minimum absolute atomic E-state index is 0.00298. The molecule has 1 aromatic carbocycles. The fraction of sp³-hybridized carbons (Fsp3) is 0.439. The quantitative estimate of drug-likeness (QED) is 0.184. The lowest BCUT2D eigenvalue weighted by molar-refractivity contribution is -0.141. The number of nitrogens with zero attached hydrogens (tertiary/aromatic N) is 4. The first-order chi connectivity index (χ1) is 28.5. The molecule has 8 rings (SSSR count). The van der Waals surface area contributed by atoms with E-state index in [1.54, 1.807) is 0 Å². The molecule has 4 aliphatic rings. The number of allylic oxidation sites excluding steroid dienone is 1. The van der Waals surface area contributed by atoms with E-state index in [0.29, 0.717) is 36.0 Å². The van der Waals surface area contributed by atoms with E-state index in [-0.39, 0.29) is 41.3 Å². The number of hydrogen-bond donors (Lipinski definition) is 3. The topological polar surface area (TPSA) is 199 Å². The third-order valence-electron chi connectivity index (χ3n) is 11.3. The average molecular weight is 862 g/mol. The number of carbonyl (C=O) groups is 4. The highest BCUT2D eigenvalue weighted by Crippen LogP contribution is 2.46. The smallest absolute Gasteiger partial charge is 0.408 e. The van der Waals surface area contributed by atoms with Gasteiger partial charge in [-0.15, -0.1) is 11.3 Å². The van der Waals surface area contributed by atoms with Crippen molar-refractivity contribution < 1.29 is 37.1 Å². The molecule has 0 spiro atoms. The molecule has 2 saturated carbocycles. The Labute approximate surface area is 350 Å². The van der Waals surface area contributed by atoms with E-state index in [9.17, 15) is 27.6 Å². The van der Waals surface area contributed by atoms with Gasteiger partial charge in [0.25, 0.3) is 15.9 Å². The number of fused-ring (bicyclic) bond motifs is 3. The minimum Gasteiger partial charge on any atom is -0.471 e. The number of thiophene rings is 1. The molecular formula is C41H44ClN7O8S2. The van der Waals surface area contributed by atoms with Gasteiger partial charge in [-0.05, 0) is 81.0 Å². The molecular weight excluding hydrogens is 818 g/mol. The zero-order valence-electron chi connectivity index (χ0n) is 32.0. The van der Waals surface area contributed by atoms with Crippen molar-refractivity contribution in [1.29, 1.82) is 0 Å². The number of halogens is 1. The van der Waals surface area contributed by atoms with Crippen LogP contribution in [0.1, 0.15) is 70.6 Å². The monoisotopic (exact) mass is 861 g/mol. The predicted molar refractivity (Wildman–Crippen MR) is 219 cm³/mol. The van der Waals surface area contributed by atoms with E-state index in [0.717, 1.165) is 49.6 Å². The molecule has 4 amide bonds. The van der Waals surface area contributed by atoms with E-state index in [4.69, 9.17) is 31.0 Å². The Hall–Kier alpha value is -5.13. The van der Waals surface area contributed by atoms with Crippen molar-refractivity contribution in [2.24, 2.45) is 5.92 Å². The first-order valence-corrected chi connectivity index (χ1v) is 22.7. The summed E-state index contributed by atoms with van der Waals surface area (Å²) in [7, 11) is -4.49. The van der Waals surface area contributed by atoms with E-state index >= 15 is 0 Å². The summed E-state index contributed by atoms with van der Waals surface area (Å²) >= 11 is 7.63. The predicted octanol–water partition coefficient (Wildman–Crippen LogP) is 5.69. The number of pyridine rings is 1. The summed E-state index contributed by atoms with van der Waals surface area (Å²) < 4.78 is 41.2.